The topological polar surface area (TPSA) is 118 Å². The van der Waals surface area contributed by atoms with E-state index in [-0.39, 0.29) is 17.1 Å². The first-order valence-corrected chi connectivity index (χ1v) is 11.8. The van der Waals surface area contributed by atoms with Crippen molar-refractivity contribution in [3.63, 3.8) is 0 Å². The molecule has 0 saturated carbocycles. The zero-order valence-electron chi connectivity index (χ0n) is 19.7. The van der Waals surface area contributed by atoms with E-state index in [0.29, 0.717) is 27.5 Å². The molecule has 1 aliphatic rings. The van der Waals surface area contributed by atoms with Gasteiger partial charge < -0.3 is 25.0 Å². The third-order valence-electron chi connectivity index (χ3n) is 6.48. The van der Waals surface area contributed by atoms with E-state index in [9.17, 15) is 19.8 Å². The fourth-order valence-electron chi connectivity index (χ4n) is 4.86. The van der Waals surface area contributed by atoms with E-state index in [4.69, 9.17) is 14.5 Å². The number of hydrogen-bond donors (Lipinski definition) is 3. The van der Waals surface area contributed by atoms with Crippen molar-refractivity contribution in [3.05, 3.63) is 75.8 Å². The number of carbonyl (C=O) groups is 2. The van der Waals surface area contributed by atoms with Crippen LogP contribution in [0.25, 0.3) is 11.3 Å². The molecule has 4 rings (SSSR count). The number of phenolic OH excluding ortho intramolecular Hbond substituents is 2. The summed E-state index contributed by atoms with van der Waals surface area (Å²) in [6.07, 6.45) is 0. The number of esters is 2. The van der Waals surface area contributed by atoms with Crippen molar-refractivity contribution in [2.24, 2.45) is 0 Å². The number of methoxy groups -OCH3 is 2. The van der Waals surface area contributed by atoms with Crippen LogP contribution in [0.2, 0.25) is 0 Å². The maximum atomic E-state index is 13.7. The lowest BCUT2D eigenvalue weighted by atomic mass is 9.61. The molecule has 9 heteroatoms. The van der Waals surface area contributed by atoms with E-state index in [2.05, 4.69) is 5.32 Å². The molecule has 0 fully saturated rings. The number of hydrogen-bond acceptors (Lipinski definition) is 9. The molecule has 3 N–H and O–H groups in total. The van der Waals surface area contributed by atoms with Gasteiger partial charge in [0.15, 0.2) is 11.5 Å². The maximum Gasteiger partial charge on any atom is 0.336 e. The van der Waals surface area contributed by atoms with Crippen LogP contribution in [0.4, 0.5) is 0 Å². The first-order valence-electron chi connectivity index (χ1n) is 10.9. The fourth-order valence-corrected chi connectivity index (χ4v) is 5.87. The maximum absolute atomic E-state index is 13.7. The molecule has 3 atom stereocenters. The zero-order valence-corrected chi connectivity index (χ0v) is 20.6. The van der Waals surface area contributed by atoms with Crippen molar-refractivity contribution >= 4 is 23.3 Å². The SMILES string of the molecule is COC(=O)C1=C(C)NC(C)C(C(=O)OC)(c2ccccc2)C1c1nc(-c2ccc(O)c(O)c2)cs1. The van der Waals surface area contributed by atoms with Gasteiger partial charge in [0.1, 0.15) is 10.4 Å². The van der Waals surface area contributed by atoms with E-state index in [1.807, 2.05) is 37.3 Å². The van der Waals surface area contributed by atoms with Crippen LogP contribution in [0.1, 0.15) is 30.3 Å². The summed E-state index contributed by atoms with van der Waals surface area (Å²) >= 11 is 1.29. The third kappa shape index (κ3) is 3.91. The molecule has 1 aliphatic heterocycles. The molecule has 182 valence electrons. The number of aromatic nitrogens is 1. The van der Waals surface area contributed by atoms with Gasteiger partial charge in [-0.3, -0.25) is 4.79 Å². The average Bonchev–Trinajstić information content (AvgIpc) is 3.35. The highest BCUT2D eigenvalue weighted by molar-refractivity contribution is 7.10. The average molecular weight is 495 g/mol. The largest absolute Gasteiger partial charge is 0.504 e. The number of allylic oxidation sites excluding steroid dienone is 1. The van der Waals surface area contributed by atoms with Crippen LogP contribution < -0.4 is 5.32 Å². The van der Waals surface area contributed by atoms with Crippen LogP contribution in [-0.2, 0) is 24.5 Å². The van der Waals surface area contributed by atoms with Crippen LogP contribution in [0.3, 0.4) is 0 Å². The molecule has 2 heterocycles. The molecule has 0 spiro atoms. The minimum Gasteiger partial charge on any atom is -0.504 e. The third-order valence-corrected chi connectivity index (χ3v) is 7.39. The molecule has 0 radical (unpaired) electrons. The van der Waals surface area contributed by atoms with Crippen molar-refractivity contribution in [2.75, 3.05) is 14.2 Å². The Balaban J connectivity index is 2.00. The Labute approximate surface area is 206 Å². The summed E-state index contributed by atoms with van der Waals surface area (Å²) in [5.74, 6) is -2.41. The summed E-state index contributed by atoms with van der Waals surface area (Å²) in [4.78, 5) is 31.6. The molecule has 0 aliphatic carbocycles. The molecular weight excluding hydrogens is 468 g/mol. The van der Waals surface area contributed by atoms with Gasteiger partial charge in [0.25, 0.3) is 0 Å². The monoisotopic (exact) mass is 494 g/mol. The Bertz CT molecular complexity index is 1300. The van der Waals surface area contributed by atoms with Crippen molar-refractivity contribution in [1.29, 1.82) is 0 Å². The molecule has 8 nitrogen and oxygen atoms in total. The first-order chi connectivity index (χ1) is 16.7. The number of aromatic hydroxyl groups is 2. The van der Waals surface area contributed by atoms with Gasteiger partial charge in [-0.1, -0.05) is 30.3 Å². The van der Waals surface area contributed by atoms with Crippen LogP contribution in [0.15, 0.2) is 65.2 Å². The Morgan fingerprint density at radius 1 is 1.06 bits per heavy atom. The lowest BCUT2D eigenvalue weighted by Gasteiger charge is -2.47. The van der Waals surface area contributed by atoms with Crippen molar-refractivity contribution in [3.8, 4) is 22.8 Å². The highest BCUT2D eigenvalue weighted by atomic mass is 32.1. The lowest BCUT2D eigenvalue weighted by Crippen LogP contribution is -2.60. The van der Waals surface area contributed by atoms with Gasteiger partial charge in [-0.2, -0.15) is 0 Å². The molecule has 0 amide bonds. The molecule has 0 saturated heterocycles. The van der Waals surface area contributed by atoms with E-state index in [1.54, 1.807) is 18.4 Å². The van der Waals surface area contributed by atoms with Crippen LogP contribution in [0, 0.1) is 0 Å². The van der Waals surface area contributed by atoms with Gasteiger partial charge in [-0.15, -0.1) is 11.3 Å². The van der Waals surface area contributed by atoms with Gasteiger partial charge in [0, 0.05) is 22.7 Å². The Morgan fingerprint density at radius 2 is 1.77 bits per heavy atom. The minimum absolute atomic E-state index is 0.239. The van der Waals surface area contributed by atoms with Gasteiger partial charge in [-0.05, 0) is 37.6 Å². The second-order valence-electron chi connectivity index (χ2n) is 8.33. The van der Waals surface area contributed by atoms with Gasteiger partial charge in [0.2, 0.25) is 0 Å². The molecule has 2 aromatic carbocycles. The number of thiazole rings is 1. The predicted octanol–water partition coefficient (Wildman–Crippen LogP) is 3.85. The summed E-state index contributed by atoms with van der Waals surface area (Å²) in [6.45, 7) is 3.65. The molecule has 0 bridgehead atoms. The second-order valence-corrected chi connectivity index (χ2v) is 9.22. The summed E-state index contributed by atoms with van der Waals surface area (Å²) in [6, 6.07) is 13.2. The Kier molecular flexibility index (Phi) is 6.53. The quantitative estimate of drug-likeness (QED) is 0.362. The van der Waals surface area contributed by atoms with Crippen molar-refractivity contribution < 1.29 is 29.3 Å². The number of ether oxygens (including phenoxy) is 2. The number of carbonyl (C=O) groups excluding carboxylic acids is 2. The smallest absolute Gasteiger partial charge is 0.336 e. The van der Waals surface area contributed by atoms with Crippen LogP contribution in [0.5, 0.6) is 11.5 Å². The number of benzene rings is 2. The van der Waals surface area contributed by atoms with Gasteiger partial charge in [0.05, 0.1) is 31.4 Å². The highest BCUT2D eigenvalue weighted by Gasteiger charge is 2.59. The molecule has 35 heavy (non-hydrogen) atoms. The minimum atomic E-state index is -1.33. The highest BCUT2D eigenvalue weighted by Crippen LogP contribution is 2.51. The number of nitrogens with one attached hydrogen (secondary N) is 1. The van der Waals surface area contributed by atoms with E-state index >= 15 is 0 Å². The van der Waals surface area contributed by atoms with Crippen molar-refractivity contribution in [2.45, 2.75) is 31.2 Å². The van der Waals surface area contributed by atoms with E-state index in [0.717, 1.165) is 0 Å². The summed E-state index contributed by atoms with van der Waals surface area (Å²) in [5, 5.41) is 25.2. The summed E-state index contributed by atoms with van der Waals surface area (Å²) < 4.78 is 10.5. The predicted molar refractivity (Wildman–Crippen MR) is 131 cm³/mol. The van der Waals surface area contributed by atoms with Crippen LogP contribution >= 0.6 is 11.3 Å². The normalized spacial score (nSPS) is 21.8. The molecular formula is C26H26N2O6S. The molecule has 3 aromatic rings. The van der Waals surface area contributed by atoms with Gasteiger partial charge in [-0.25, -0.2) is 9.78 Å². The number of phenols is 2. The molecule has 3 unspecified atom stereocenters. The lowest BCUT2D eigenvalue weighted by molar-refractivity contribution is -0.150. The van der Waals surface area contributed by atoms with E-state index < -0.39 is 29.3 Å². The Hall–Kier alpha value is -3.85. The van der Waals surface area contributed by atoms with Crippen molar-refractivity contribution in [1.82, 2.24) is 10.3 Å². The van der Waals surface area contributed by atoms with Gasteiger partial charge >= 0.3 is 11.9 Å². The first kappa shape index (κ1) is 24.3. The summed E-state index contributed by atoms with van der Waals surface area (Å²) in [5.41, 5.74) is 1.32. The Morgan fingerprint density at radius 3 is 2.40 bits per heavy atom. The van der Waals surface area contributed by atoms with E-state index in [1.165, 1.54) is 37.7 Å². The standard InChI is InChI=1S/C26H26N2O6S/c1-14-21(24(31)33-3)22(23-28-18(13-35-23)16-10-11-19(29)20(30)12-16)26(15(2)27-14,25(32)34-4)17-8-6-5-7-9-17/h5-13,15,22,27,29-30H,1-4H3. The fraction of sp³-hybridized carbons (Fsp3) is 0.269. The zero-order chi connectivity index (χ0) is 25.3. The molecule has 1 aromatic heterocycles. The summed E-state index contributed by atoms with van der Waals surface area (Å²) in [7, 11) is 2.62. The number of rotatable bonds is 5. The number of nitrogens with zero attached hydrogens (tertiary/aromatic N) is 1. The second kappa shape index (κ2) is 9.42. The van der Waals surface area contributed by atoms with Crippen LogP contribution in [-0.4, -0.2) is 47.4 Å².